The molecule has 1 fully saturated rings. The van der Waals surface area contributed by atoms with Crippen molar-refractivity contribution >= 4 is 45.3 Å². The lowest BCUT2D eigenvalue weighted by Gasteiger charge is -2.28. The van der Waals surface area contributed by atoms with E-state index in [0.717, 1.165) is 5.75 Å². The molecule has 4 N–H and O–H groups in total. The smallest absolute Gasteiger partial charge is 0.309 e. The Morgan fingerprint density at radius 3 is 2.56 bits per heavy atom. The minimum absolute atomic E-state index is 0.145. The maximum absolute atomic E-state index is 13.0. The fraction of sp³-hybridized carbons (Fsp3) is 0.714. The predicted octanol–water partition coefficient (Wildman–Crippen LogP) is 0.915. The summed E-state index contributed by atoms with van der Waals surface area (Å²) in [4.78, 5) is 50.6. The third kappa shape index (κ3) is 9.03. The monoisotopic (exact) mass is 487 g/mol. The van der Waals surface area contributed by atoms with Crippen LogP contribution in [0.15, 0.2) is 12.2 Å². The van der Waals surface area contributed by atoms with E-state index in [0.29, 0.717) is 18.6 Å². The molecule has 3 amide bonds. The second-order valence-corrected chi connectivity index (χ2v) is 11.0. The lowest BCUT2D eigenvalue weighted by molar-refractivity contribution is -0.151. The molecule has 2 rings (SSSR count). The lowest BCUT2D eigenvalue weighted by atomic mass is 9.97. The van der Waals surface area contributed by atoms with Crippen LogP contribution in [0.3, 0.4) is 0 Å². The van der Waals surface area contributed by atoms with Crippen molar-refractivity contribution in [2.45, 2.75) is 76.8 Å². The van der Waals surface area contributed by atoms with Crippen LogP contribution in [-0.4, -0.2) is 70.6 Å². The molecule has 180 valence electrons. The van der Waals surface area contributed by atoms with E-state index in [-0.39, 0.29) is 18.8 Å². The van der Waals surface area contributed by atoms with E-state index in [4.69, 9.17) is 4.74 Å². The number of carbonyl (C=O) groups excluding carboxylic acids is 4. The highest BCUT2D eigenvalue weighted by Gasteiger charge is 2.31. The molecular formula is C21H33N3O6S2. The van der Waals surface area contributed by atoms with Gasteiger partial charge < -0.3 is 25.8 Å². The number of allylic oxidation sites excluding steroid dienone is 1. The van der Waals surface area contributed by atoms with Crippen LogP contribution in [0.2, 0.25) is 0 Å². The topological polar surface area (TPSA) is 134 Å². The summed E-state index contributed by atoms with van der Waals surface area (Å²) in [6.07, 6.45) is 2.21. The molecule has 5 atom stereocenters. The first kappa shape index (κ1) is 26.5. The van der Waals surface area contributed by atoms with E-state index in [9.17, 15) is 24.3 Å². The molecule has 0 spiro atoms. The highest BCUT2D eigenvalue weighted by molar-refractivity contribution is 8.76. The zero-order valence-corrected chi connectivity index (χ0v) is 20.3. The van der Waals surface area contributed by atoms with Crippen LogP contribution in [0, 0.1) is 5.92 Å². The fourth-order valence-electron chi connectivity index (χ4n) is 3.35. The minimum Gasteiger partial charge on any atom is -0.457 e. The number of nitrogens with one attached hydrogen (secondary N) is 3. The maximum atomic E-state index is 13.0. The quantitative estimate of drug-likeness (QED) is 0.257. The summed E-state index contributed by atoms with van der Waals surface area (Å²) in [5, 5.41) is 18.8. The number of hydrogen-bond acceptors (Lipinski definition) is 8. The van der Waals surface area contributed by atoms with Gasteiger partial charge in [-0.25, -0.2) is 0 Å². The number of rotatable bonds is 2. The standard InChI is InChI=1S/C21H33N3O6S2/c1-12(2)8-15-17(25)10-19(27)30-14-6-4-5-7-31-32-11-16(21(29)23-15)24-20(28)13(3)22-18(26)9-14/h4,6,12-17,25H,5,7-11H2,1-3H3,(H,22,26)(H,23,29)(H,24,28)/b6-4+/t13-,14-,15-,16-,17+/m1/s1. The van der Waals surface area contributed by atoms with E-state index in [1.54, 1.807) is 16.9 Å². The van der Waals surface area contributed by atoms with Crippen LogP contribution in [0.1, 0.15) is 46.5 Å². The van der Waals surface area contributed by atoms with Gasteiger partial charge in [0.25, 0.3) is 0 Å². The summed E-state index contributed by atoms with van der Waals surface area (Å²) in [5.41, 5.74) is 0. The molecule has 0 aromatic heterocycles. The van der Waals surface area contributed by atoms with Crippen molar-refractivity contribution in [3.63, 3.8) is 0 Å². The largest absolute Gasteiger partial charge is 0.457 e. The Labute approximate surface area is 196 Å². The highest BCUT2D eigenvalue weighted by atomic mass is 33.1. The van der Waals surface area contributed by atoms with Crippen LogP contribution in [0.25, 0.3) is 0 Å². The highest BCUT2D eigenvalue weighted by Crippen LogP contribution is 2.24. The Hall–Kier alpha value is -1.72. The van der Waals surface area contributed by atoms with Gasteiger partial charge in [-0.3, -0.25) is 19.2 Å². The second kappa shape index (κ2) is 13.1. The van der Waals surface area contributed by atoms with Gasteiger partial charge in [0.05, 0.1) is 25.0 Å². The number of carbonyl (C=O) groups is 4. The summed E-state index contributed by atoms with van der Waals surface area (Å²) < 4.78 is 5.45. The Bertz CT molecular complexity index is 718. The number of aliphatic hydroxyl groups excluding tert-OH is 1. The van der Waals surface area contributed by atoms with Gasteiger partial charge in [0, 0.05) is 11.5 Å². The normalized spacial score (nSPS) is 32.5. The van der Waals surface area contributed by atoms with Crippen molar-refractivity contribution in [1.82, 2.24) is 16.0 Å². The third-order valence-corrected chi connectivity index (χ3v) is 7.45. The van der Waals surface area contributed by atoms with E-state index >= 15 is 0 Å². The molecule has 32 heavy (non-hydrogen) atoms. The van der Waals surface area contributed by atoms with Gasteiger partial charge in [0.2, 0.25) is 17.7 Å². The van der Waals surface area contributed by atoms with Crippen molar-refractivity contribution in [3.05, 3.63) is 12.2 Å². The number of fused-ring (bicyclic) bond motifs is 7. The minimum atomic E-state index is -1.16. The average Bonchev–Trinajstić information content (AvgIpc) is 2.69. The van der Waals surface area contributed by atoms with Crippen LogP contribution in [-0.2, 0) is 23.9 Å². The summed E-state index contributed by atoms with van der Waals surface area (Å²) in [5.74, 6) is -0.823. The van der Waals surface area contributed by atoms with Crippen LogP contribution in [0.4, 0.5) is 0 Å². The molecule has 2 bridgehead atoms. The van der Waals surface area contributed by atoms with Gasteiger partial charge in [0.1, 0.15) is 18.2 Å². The molecule has 2 heterocycles. The number of amides is 3. The molecule has 0 radical (unpaired) electrons. The van der Waals surface area contributed by atoms with E-state index in [1.807, 2.05) is 19.9 Å². The Morgan fingerprint density at radius 1 is 1.09 bits per heavy atom. The van der Waals surface area contributed by atoms with Gasteiger partial charge >= 0.3 is 5.97 Å². The zero-order valence-electron chi connectivity index (χ0n) is 18.7. The number of aliphatic hydroxyl groups is 1. The van der Waals surface area contributed by atoms with E-state index < -0.39 is 54.0 Å². The average molecular weight is 488 g/mol. The van der Waals surface area contributed by atoms with Gasteiger partial charge in [-0.05, 0) is 31.8 Å². The predicted molar refractivity (Wildman–Crippen MR) is 125 cm³/mol. The molecule has 0 aliphatic carbocycles. The van der Waals surface area contributed by atoms with Crippen molar-refractivity contribution in [3.8, 4) is 0 Å². The summed E-state index contributed by atoms with van der Waals surface area (Å²) >= 11 is 0. The molecule has 1 saturated heterocycles. The van der Waals surface area contributed by atoms with Crippen molar-refractivity contribution < 1.29 is 29.0 Å². The summed E-state index contributed by atoms with van der Waals surface area (Å²) in [6, 6.07) is -2.41. The summed E-state index contributed by atoms with van der Waals surface area (Å²) in [7, 11) is 3.03. The first-order chi connectivity index (χ1) is 15.2. The Balaban J connectivity index is 2.40. The molecule has 0 unspecified atom stereocenters. The molecular weight excluding hydrogens is 454 g/mol. The van der Waals surface area contributed by atoms with Gasteiger partial charge in [-0.15, -0.1) is 0 Å². The second-order valence-electron chi connectivity index (χ2n) is 8.42. The first-order valence-electron chi connectivity index (χ1n) is 10.8. The van der Waals surface area contributed by atoms with Crippen molar-refractivity contribution in [2.75, 3.05) is 11.5 Å². The van der Waals surface area contributed by atoms with Gasteiger partial charge in [-0.1, -0.05) is 41.5 Å². The Morgan fingerprint density at radius 2 is 1.84 bits per heavy atom. The van der Waals surface area contributed by atoms with Crippen LogP contribution < -0.4 is 16.0 Å². The van der Waals surface area contributed by atoms with E-state index in [1.165, 1.54) is 17.7 Å². The lowest BCUT2D eigenvalue weighted by Crippen LogP contribution is -2.56. The molecule has 0 aromatic carbocycles. The first-order valence-corrected chi connectivity index (χ1v) is 13.3. The molecule has 2 aliphatic heterocycles. The van der Waals surface area contributed by atoms with Crippen LogP contribution in [0.5, 0.6) is 0 Å². The molecule has 0 saturated carbocycles. The molecule has 2 aliphatic rings. The van der Waals surface area contributed by atoms with Gasteiger partial charge in [0.15, 0.2) is 0 Å². The number of hydrogen-bond donors (Lipinski definition) is 4. The van der Waals surface area contributed by atoms with Crippen LogP contribution >= 0.6 is 21.6 Å². The maximum Gasteiger partial charge on any atom is 0.309 e. The fourth-order valence-corrected chi connectivity index (χ4v) is 5.51. The Kier molecular flexibility index (Phi) is 10.9. The van der Waals surface area contributed by atoms with Crippen molar-refractivity contribution in [1.29, 1.82) is 0 Å². The van der Waals surface area contributed by atoms with Gasteiger partial charge in [-0.2, -0.15) is 0 Å². The van der Waals surface area contributed by atoms with E-state index in [2.05, 4.69) is 16.0 Å². The summed E-state index contributed by atoms with van der Waals surface area (Å²) in [6.45, 7) is 5.43. The molecule has 0 aromatic rings. The number of ether oxygens (including phenoxy) is 1. The SMILES string of the molecule is CC(C)C[C@H]1NC(=O)[C@H]2CSSCC/C=C/[C@H](CC(=O)N[C@H](C)C(=O)N2)OC(=O)C[C@@H]1O. The molecule has 9 nitrogen and oxygen atoms in total. The van der Waals surface area contributed by atoms with Crippen molar-refractivity contribution in [2.24, 2.45) is 5.92 Å². The third-order valence-electron chi connectivity index (χ3n) is 5.00. The zero-order chi connectivity index (χ0) is 23.7. The molecule has 11 heteroatoms. The number of esters is 1.